The molecular formula is C19H22N2O3. The molecule has 4 rings (SSSR count). The highest BCUT2D eigenvalue weighted by Crippen LogP contribution is 2.38. The maximum absolute atomic E-state index is 12.9. The van der Waals surface area contributed by atoms with Crippen molar-refractivity contribution in [3.05, 3.63) is 42.1 Å². The van der Waals surface area contributed by atoms with Crippen LogP contribution in [0.2, 0.25) is 0 Å². The minimum Gasteiger partial charge on any atom is -0.497 e. The first-order chi connectivity index (χ1) is 11.7. The number of methoxy groups -OCH3 is 2. The van der Waals surface area contributed by atoms with Crippen LogP contribution in [0, 0.1) is 11.8 Å². The van der Waals surface area contributed by atoms with E-state index in [9.17, 15) is 4.79 Å². The van der Waals surface area contributed by atoms with Crippen LogP contribution in [-0.2, 0) is 16.0 Å². The Morgan fingerprint density at radius 1 is 1.33 bits per heavy atom. The van der Waals surface area contributed by atoms with Crippen molar-refractivity contribution in [2.45, 2.75) is 12.5 Å². The summed E-state index contributed by atoms with van der Waals surface area (Å²) in [4.78, 5) is 18.1. The summed E-state index contributed by atoms with van der Waals surface area (Å²) in [6.45, 7) is 1.51. The van der Waals surface area contributed by atoms with Crippen LogP contribution in [0.15, 0.2) is 36.5 Å². The molecule has 0 spiro atoms. The van der Waals surface area contributed by atoms with Crippen molar-refractivity contribution in [3.8, 4) is 5.75 Å². The van der Waals surface area contributed by atoms with Gasteiger partial charge in [-0.15, -0.1) is 0 Å². The first kappa shape index (κ1) is 15.3. The van der Waals surface area contributed by atoms with Crippen molar-refractivity contribution in [1.29, 1.82) is 0 Å². The van der Waals surface area contributed by atoms with Gasteiger partial charge in [-0.2, -0.15) is 0 Å². The zero-order valence-electron chi connectivity index (χ0n) is 14.0. The highest BCUT2D eigenvalue weighted by molar-refractivity contribution is 5.90. The predicted molar refractivity (Wildman–Crippen MR) is 92.1 cm³/mol. The van der Waals surface area contributed by atoms with Crippen molar-refractivity contribution in [2.75, 3.05) is 27.4 Å². The zero-order valence-corrected chi connectivity index (χ0v) is 14.0. The molecule has 2 heterocycles. The Hall–Kier alpha value is -2.27. The molecule has 2 bridgehead atoms. The van der Waals surface area contributed by atoms with Crippen molar-refractivity contribution < 1.29 is 14.3 Å². The molecule has 3 unspecified atom stereocenters. The lowest BCUT2D eigenvalue weighted by molar-refractivity contribution is -0.131. The van der Waals surface area contributed by atoms with Gasteiger partial charge in [-0.25, -0.2) is 0 Å². The summed E-state index contributed by atoms with van der Waals surface area (Å²) in [6, 6.07) is 6.07. The third-order valence-electron chi connectivity index (χ3n) is 5.31. The molecule has 5 heteroatoms. The Kier molecular flexibility index (Phi) is 3.81. The summed E-state index contributed by atoms with van der Waals surface area (Å²) < 4.78 is 10.6. The summed E-state index contributed by atoms with van der Waals surface area (Å²) in [7, 11) is 3.38. The van der Waals surface area contributed by atoms with Gasteiger partial charge in [-0.1, -0.05) is 12.2 Å². The standard InChI is InChI=1S/C19H22N2O3/c1-23-11-16-12-3-6-18(16)21(10-12)19(22)7-13-9-20-17-5-4-14(24-2)8-15(13)17/h3-6,8-9,12,16,18,20H,7,10-11H2,1-2H3. The summed E-state index contributed by atoms with van der Waals surface area (Å²) in [5.74, 6) is 1.82. The minimum atomic E-state index is 0.177. The average molecular weight is 326 g/mol. The SMILES string of the molecule is COCC1C2C=CC1N(C(=O)Cc1c[nH]c3ccc(OC)cc13)C2. The van der Waals surface area contributed by atoms with Gasteiger partial charge in [0.1, 0.15) is 5.75 Å². The predicted octanol–water partition coefficient (Wildman–Crippen LogP) is 2.38. The van der Waals surface area contributed by atoms with Gasteiger partial charge in [0.2, 0.25) is 5.91 Å². The molecule has 0 saturated carbocycles. The van der Waals surface area contributed by atoms with Crippen molar-refractivity contribution >= 4 is 16.8 Å². The number of carbonyl (C=O) groups is 1. The fraction of sp³-hybridized carbons (Fsp3) is 0.421. The van der Waals surface area contributed by atoms with E-state index in [1.165, 1.54) is 0 Å². The number of aromatic amines is 1. The lowest BCUT2D eigenvalue weighted by Crippen LogP contribution is -2.38. The topological polar surface area (TPSA) is 54.6 Å². The summed E-state index contributed by atoms with van der Waals surface area (Å²) in [6.07, 6.45) is 6.73. The summed E-state index contributed by atoms with van der Waals surface area (Å²) in [5, 5.41) is 1.05. The fourth-order valence-corrected chi connectivity index (χ4v) is 4.05. The molecule has 24 heavy (non-hydrogen) atoms. The highest BCUT2D eigenvalue weighted by atomic mass is 16.5. The van der Waals surface area contributed by atoms with Crippen LogP contribution in [0.4, 0.5) is 0 Å². The maximum atomic E-state index is 12.9. The monoisotopic (exact) mass is 326 g/mol. The molecular weight excluding hydrogens is 304 g/mol. The number of hydrogen-bond acceptors (Lipinski definition) is 3. The van der Waals surface area contributed by atoms with Crippen LogP contribution in [0.25, 0.3) is 10.9 Å². The summed E-state index contributed by atoms with van der Waals surface area (Å²) in [5.41, 5.74) is 2.04. The second kappa shape index (κ2) is 5.98. The van der Waals surface area contributed by atoms with Gasteiger partial charge in [-0.3, -0.25) is 4.79 Å². The van der Waals surface area contributed by atoms with Crippen molar-refractivity contribution in [1.82, 2.24) is 9.88 Å². The maximum Gasteiger partial charge on any atom is 0.227 e. The van der Waals surface area contributed by atoms with Gasteiger partial charge in [0, 0.05) is 42.6 Å². The molecule has 1 saturated heterocycles. The molecule has 126 valence electrons. The third kappa shape index (κ3) is 2.40. The quantitative estimate of drug-likeness (QED) is 0.858. The second-order valence-electron chi connectivity index (χ2n) is 6.61. The molecule has 2 aromatic rings. The number of nitrogens with one attached hydrogen (secondary N) is 1. The second-order valence-corrected chi connectivity index (χ2v) is 6.61. The number of benzene rings is 1. The molecule has 0 radical (unpaired) electrons. The normalized spacial score (nSPS) is 24.9. The molecule has 1 aromatic heterocycles. The van der Waals surface area contributed by atoms with Gasteiger partial charge in [-0.05, 0) is 23.8 Å². The number of carbonyl (C=O) groups excluding carboxylic acids is 1. The number of likely N-dealkylation sites (tertiary alicyclic amines) is 1. The lowest BCUT2D eigenvalue weighted by atomic mass is 9.99. The number of aromatic nitrogens is 1. The van der Waals surface area contributed by atoms with E-state index in [1.54, 1.807) is 14.2 Å². The molecule has 1 aliphatic carbocycles. The Bertz CT molecular complexity index is 795. The number of nitrogens with zero attached hydrogens (tertiary/aromatic N) is 1. The van der Waals surface area contributed by atoms with E-state index in [0.717, 1.165) is 28.8 Å². The van der Waals surface area contributed by atoms with E-state index in [0.29, 0.717) is 24.9 Å². The number of ether oxygens (including phenoxy) is 2. The number of rotatable bonds is 5. The van der Waals surface area contributed by atoms with Crippen molar-refractivity contribution in [3.63, 3.8) is 0 Å². The van der Waals surface area contributed by atoms with E-state index in [-0.39, 0.29) is 11.9 Å². The smallest absolute Gasteiger partial charge is 0.227 e. The van der Waals surface area contributed by atoms with Gasteiger partial charge in [0.05, 0.1) is 26.2 Å². The van der Waals surface area contributed by atoms with Crippen LogP contribution in [-0.4, -0.2) is 49.2 Å². The molecule has 1 amide bonds. The Labute approximate surface area is 141 Å². The van der Waals surface area contributed by atoms with Crippen LogP contribution in [0.1, 0.15) is 5.56 Å². The van der Waals surface area contributed by atoms with Gasteiger partial charge in [0.15, 0.2) is 0 Å². The van der Waals surface area contributed by atoms with E-state index in [1.807, 2.05) is 29.3 Å². The first-order valence-electron chi connectivity index (χ1n) is 8.32. The van der Waals surface area contributed by atoms with E-state index in [4.69, 9.17) is 9.47 Å². The molecule has 1 aliphatic heterocycles. The van der Waals surface area contributed by atoms with Crippen LogP contribution in [0.3, 0.4) is 0 Å². The van der Waals surface area contributed by atoms with Crippen LogP contribution < -0.4 is 4.74 Å². The van der Waals surface area contributed by atoms with E-state index < -0.39 is 0 Å². The minimum absolute atomic E-state index is 0.177. The van der Waals surface area contributed by atoms with Crippen LogP contribution >= 0.6 is 0 Å². The van der Waals surface area contributed by atoms with Crippen LogP contribution in [0.5, 0.6) is 5.75 Å². The number of amides is 1. The highest BCUT2D eigenvalue weighted by Gasteiger charge is 2.44. The van der Waals surface area contributed by atoms with Gasteiger partial charge < -0.3 is 19.4 Å². The lowest BCUT2D eigenvalue weighted by Gasteiger charge is -2.25. The first-order valence-corrected chi connectivity index (χ1v) is 8.32. The summed E-state index contributed by atoms with van der Waals surface area (Å²) >= 11 is 0. The Morgan fingerprint density at radius 2 is 2.21 bits per heavy atom. The average Bonchev–Trinajstić information content (AvgIpc) is 3.28. The molecule has 3 atom stereocenters. The Balaban J connectivity index is 1.54. The molecule has 1 N–H and O–H groups in total. The number of hydrogen-bond donors (Lipinski definition) is 1. The third-order valence-corrected chi connectivity index (χ3v) is 5.31. The van der Waals surface area contributed by atoms with Gasteiger partial charge in [0.25, 0.3) is 0 Å². The number of H-pyrrole nitrogens is 1. The largest absolute Gasteiger partial charge is 0.497 e. The van der Waals surface area contributed by atoms with E-state index in [2.05, 4.69) is 17.1 Å². The molecule has 5 nitrogen and oxygen atoms in total. The number of fused-ring (bicyclic) bond motifs is 3. The van der Waals surface area contributed by atoms with Crippen molar-refractivity contribution in [2.24, 2.45) is 11.8 Å². The zero-order chi connectivity index (χ0) is 16.7. The Morgan fingerprint density at radius 3 is 3.00 bits per heavy atom. The van der Waals surface area contributed by atoms with Gasteiger partial charge >= 0.3 is 0 Å². The fourth-order valence-electron chi connectivity index (χ4n) is 4.05. The molecule has 1 fully saturated rings. The van der Waals surface area contributed by atoms with E-state index >= 15 is 0 Å². The molecule has 1 aromatic carbocycles. The molecule has 2 aliphatic rings.